The largest absolute Gasteiger partial charge is 0.497 e. The molecule has 30 heavy (non-hydrogen) atoms. The Hall–Kier alpha value is -2.98. The number of ether oxygens (including phenoxy) is 1. The minimum absolute atomic E-state index is 0.0137. The first-order chi connectivity index (χ1) is 14.3. The topological polar surface area (TPSA) is 106 Å². The average Bonchev–Trinajstić information content (AvgIpc) is 3.30. The van der Waals surface area contributed by atoms with Gasteiger partial charge < -0.3 is 10.1 Å². The van der Waals surface area contributed by atoms with Gasteiger partial charge in [-0.25, -0.2) is 17.7 Å². The highest BCUT2D eigenvalue weighted by Crippen LogP contribution is 2.31. The van der Waals surface area contributed by atoms with E-state index in [2.05, 4.69) is 10.3 Å². The number of carbonyl (C=O) groups is 2. The quantitative estimate of drug-likeness (QED) is 0.647. The van der Waals surface area contributed by atoms with Gasteiger partial charge >= 0.3 is 0 Å². The molecule has 0 spiro atoms. The number of rotatable bonds is 5. The zero-order valence-corrected chi connectivity index (χ0v) is 17.9. The van der Waals surface area contributed by atoms with Crippen LogP contribution in [-0.2, 0) is 19.6 Å². The first kappa shape index (κ1) is 20.3. The van der Waals surface area contributed by atoms with Gasteiger partial charge in [0.25, 0.3) is 10.0 Å². The summed E-state index contributed by atoms with van der Waals surface area (Å²) in [5.41, 5.74) is 1.58. The zero-order chi connectivity index (χ0) is 21.5. The highest BCUT2D eigenvalue weighted by atomic mass is 32.2. The Bertz CT molecular complexity index is 1240. The SMILES string of the molecule is COc1ccc2nc(NC(=O)[C@@H]3CCC(=O)N3S(=O)(=O)c3ccc(C)cc3)sc2c1. The lowest BCUT2D eigenvalue weighted by Gasteiger charge is -2.23. The number of carbonyl (C=O) groups excluding carboxylic acids is 2. The molecule has 10 heteroatoms. The van der Waals surface area contributed by atoms with Crippen molar-refractivity contribution >= 4 is 48.5 Å². The number of thiazole rings is 1. The number of amides is 2. The van der Waals surface area contributed by atoms with Gasteiger partial charge in [-0.15, -0.1) is 0 Å². The van der Waals surface area contributed by atoms with Crippen LogP contribution in [0.1, 0.15) is 18.4 Å². The van der Waals surface area contributed by atoms with Gasteiger partial charge in [-0.05, 0) is 43.7 Å². The Labute approximate surface area is 177 Å². The summed E-state index contributed by atoms with van der Waals surface area (Å²) in [6.45, 7) is 1.83. The molecule has 0 saturated carbocycles. The third-order valence-corrected chi connectivity index (χ3v) is 7.64. The molecule has 156 valence electrons. The molecule has 0 bridgehead atoms. The smallest absolute Gasteiger partial charge is 0.267 e. The summed E-state index contributed by atoms with van der Waals surface area (Å²) in [5, 5.41) is 2.99. The number of methoxy groups -OCH3 is 1. The summed E-state index contributed by atoms with van der Waals surface area (Å²) in [6.07, 6.45) is 0.106. The number of fused-ring (bicyclic) bond motifs is 1. The van der Waals surface area contributed by atoms with E-state index in [1.807, 2.05) is 6.92 Å². The van der Waals surface area contributed by atoms with Crippen LogP contribution in [0.2, 0.25) is 0 Å². The summed E-state index contributed by atoms with van der Waals surface area (Å²) in [4.78, 5) is 29.6. The molecule has 2 amide bonds. The minimum atomic E-state index is -4.14. The van der Waals surface area contributed by atoms with Crippen LogP contribution in [-0.4, -0.2) is 42.7 Å². The van der Waals surface area contributed by atoms with Crippen molar-refractivity contribution in [2.45, 2.75) is 30.7 Å². The fourth-order valence-corrected chi connectivity index (χ4v) is 5.80. The summed E-state index contributed by atoms with van der Waals surface area (Å²) in [5.74, 6) is -0.506. The zero-order valence-electron chi connectivity index (χ0n) is 16.3. The normalized spacial score (nSPS) is 16.8. The van der Waals surface area contributed by atoms with Crippen LogP contribution < -0.4 is 10.1 Å². The van der Waals surface area contributed by atoms with Crippen LogP contribution in [0.5, 0.6) is 5.75 Å². The predicted molar refractivity (Wildman–Crippen MR) is 113 cm³/mol. The maximum absolute atomic E-state index is 13.0. The first-order valence-electron chi connectivity index (χ1n) is 9.19. The van der Waals surface area contributed by atoms with Crippen LogP contribution in [0.15, 0.2) is 47.4 Å². The van der Waals surface area contributed by atoms with Crippen molar-refractivity contribution in [3.8, 4) is 5.75 Å². The molecule has 1 aromatic heterocycles. The highest BCUT2D eigenvalue weighted by molar-refractivity contribution is 7.89. The lowest BCUT2D eigenvalue weighted by molar-refractivity contribution is -0.128. The third kappa shape index (κ3) is 3.63. The van der Waals surface area contributed by atoms with Gasteiger partial charge in [0.1, 0.15) is 11.8 Å². The van der Waals surface area contributed by atoms with E-state index in [4.69, 9.17) is 4.74 Å². The van der Waals surface area contributed by atoms with Gasteiger partial charge in [0.15, 0.2) is 5.13 Å². The lowest BCUT2D eigenvalue weighted by atomic mass is 10.2. The van der Waals surface area contributed by atoms with E-state index in [-0.39, 0.29) is 17.7 Å². The average molecular weight is 446 g/mol. The Balaban J connectivity index is 1.60. The number of benzene rings is 2. The number of nitrogens with zero attached hydrogens (tertiary/aromatic N) is 2. The van der Waals surface area contributed by atoms with Gasteiger partial charge in [0, 0.05) is 6.42 Å². The van der Waals surface area contributed by atoms with Crippen molar-refractivity contribution in [1.82, 2.24) is 9.29 Å². The van der Waals surface area contributed by atoms with E-state index in [9.17, 15) is 18.0 Å². The standard InChI is InChI=1S/C20H19N3O5S2/c1-12-3-6-14(7-4-12)30(26,27)23-16(9-10-18(23)24)19(25)22-20-21-15-8-5-13(28-2)11-17(15)29-20/h3-8,11,16H,9-10H2,1-2H3,(H,21,22,25)/t16-/m0/s1. The van der Waals surface area contributed by atoms with Gasteiger partial charge in [-0.1, -0.05) is 29.0 Å². The molecule has 2 heterocycles. The first-order valence-corrected chi connectivity index (χ1v) is 11.4. The molecular formula is C20H19N3O5S2. The van der Waals surface area contributed by atoms with Crippen molar-refractivity contribution in [2.24, 2.45) is 0 Å². The molecule has 0 radical (unpaired) electrons. The van der Waals surface area contributed by atoms with E-state index in [1.165, 1.54) is 23.5 Å². The summed E-state index contributed by atoms with van der Waals surface area (Å²) in [7, 11) is -2.57. The predicted octanol–water partition coefficient (Wildman–Crippen LogP) is 2.93. The molecule has 2 aromatic carbocycles. The van der Waals surface area contributed by atoms with E-state index in [0.717, 1.165) is 10.3 Å². The maximum atomic E-state index is 13.0. The second-order valence-corrected chi connectivity index (χ2v) is 9.75. The van der Waals surface area contributed by atoms with Crippen molar-refractivity contribution in [1.29, 1.82) is 0 Å². The van der Waals surface area contributed by atoms with Gasteiger partial charge in [0.05, 0.1) is 22.2 Å². The van der Waals surface area contributed by atoms with Crippen LogP contribution in [0.25, 0.3) is 10.2 Å². The summed E-state index contributed by atoms with van der Waals surface area (Å²) in [6, 6.07) is 10.4. The molecule has 1 aliphatic rings. The van der Waals surface area contributed by atoms with Crippen molar-refractivity contribution in [3.05, 3.63) is 48.0 Å². The third-order valence-electron chi connectivity index (χ3n) is 4.87. The number of hydrogen-bond donors (Lipinski definition) is 1. The number of aromatic nitrogens is 1. The van der Waals surface area contributed by atoms with Crippen molar-refractivity contribution in [2.75, 3.05) is 12.4 Å². The molecule has 0 aliphatic carbocycles. The molecular weight excluding hydrogens is 426 g/mol. The monoisotopic (exact) mass is 445 g/mol. The van der Waals surface area contributed by atoms with E-state index >= 15 is 0 Å². The fourth-order valence-electron chi connectivity index (χ4n) is 3.30. The fraction of sp³-hybridized carbons (Fsp3) is 0.250. The molecule has 3 aromatic rings. The van der Waals surface area contributed by atoms with Gasteiger partial charge in [-0.2, -0.15) is 0 Å². The number of aryl methyl sites for hydroxylation is 1. The Morgan fingerprint density at radius 1 is 1.23 bits per heavy atom. The van der Waals surface area contributed by atoms with Crippen LogP contribution in [0, 0.1) is 6.92 Å². The summed E-state index contributed by atoms with van der Waals surface area (Å²) >= 11 is 1.25. The Morgan fingerprint density at radius 3 is 2.67 bits per heavy atom. The summed E-state index contributed by atoms with van der Waals surface area (Å²) < 4.78 is 32.8. The highest BCUT2D eigenvalue weighted by Gasteiger charge is 2.44. The number of hydrogen-bond acceptors (Lipinski definition) is 7. The molecule has 1 fully saturated rings. The van der Waals surface area contributed by atoms with Crippen LogP contribution >= 0.6 is 11.3 Å². The second kappa shape index (κ2) is 7.69. The van der Waals surface area contributed by atoms with Crippen molar-refractivity contribution < 1.29 is 22.7 Å². The molecule has 1 aliphatic heterocycles. The molecule has 8 nitrogen and oxygen atoms in total. The van der Waals surface area contributed by atoms with E-state index in [0.29, 0.717) is 20.7 Å². The molecule has 1 saturated heterocycles. The Morgan fingerprint density at radius 2 is 1.97 bits per heavy atom. The number of nitrogens with one attached hydrogen (secondary N) is 1. The minimum Gasteiger partial charge on any atom is -0.497 e. The van der Waals surface area contributed by atoms with Crippen molar-refractivity contribution in [3.63, 3.8) is 0 Å². The van der Waals surface area contributed by atoms with E-state index in [1.54, 1.807) is 37.4 Å². The second-order valence-electron chi connectivity index (χ2n) is 6.90. The Kier molecular flexibility index (Phi) is 5.20. The van der Waals surface area contributed by atoms with Crippen LogP contribution in [0.3, 0.4) is 0 Å². The molecule has 1 N–H and O–H groups in total. The van der Waals surface area contributed by atoms with E-state index < -0.39 is 27.9 Å². The van der Waals surface area contributed by atoms with Gasteiger partial charge in [-0.3, -0.25) is 9.59 Å². The molecule has 4 rings (SSSR count). The lowest BCUT2D eigenvalue weighted by Crippen LogP contribution is -2.45. The molecule has 1 atom stereocenters. The number of sulfonamides is 1. The van der Waals surface area contributed by atoms with Gasteiger partial charge in [0.2, 0.25) is 11.8 Å². The maximum Gasteiger partial charge on any atom is 0.267 e. The molecule has 0 unspecified atom stereocenters. The number of anilines is 1. The van der Waals surface area contributed by atoms with Crippen LogP contribution in [0.4, 0.5) is 5.13 Å².